The summed E-state index contributed by atoms with van der Waals surface area (Å²) in [5, 5.41) is 3.61. The van der Waals surface area contributed by atoms with Crippen molar-refractivity contribution in [1.29, 1.82) is 0 Å². The summed E-state index contributed by atoms with van der Waals surface area (Å²) in [4.78, 5) is 32.8. The zero-order chi connectivity index (χ0) is 16.2. The van der Waals surface area contributed by atoms with Crippen LogP contribution in [0, 0.1) is 0 Å². The zero-order valence-corrected chi connectivity index (χ0v) is 13.7. The molecule has 1 aliphatic rings. The van der Waals surface area contributed by atoms with Gasteiger partial charge in [0.2, 0.25) is 5.91 Å². The minimum atomic E-state index is -0.127. The molecule has 2 aromatic rings. The van der Waals surface area contributed by atoms with Gasteiger partial charge in [-0.25, -0.2) is 4.98 Å². The number of hydrogen-bond acceptors (Lipinski definition) is 5. The van der Waals surface area contributed by atoms with Crippen molar-refractivity contribution < 1.29 is 4.79 Å². The molecule has 1 atom stereocenters. The van der Waals surface area contributed by atoms with E-state index in [9.17, 15) is 9.59 Å². The maximum absolute atomic E-state index is 12.2. The van der Waals surface area contributed by atoms with E-state index in [1.165, 1.54) is 11.8 Å². The Hall–Kier alpha value is -2.15. The van der Waals surface area contributed by atoms with Crippen molar-refractivity contribution in [3.05, 3.63) is 52.2 Å². The third-order valence-corrected chi connectivity index (χ3v) is 4.86. The number of fused-ring (bicyclic) bond motifs is 1. The van der Waals surface area contributed by atoms with Gasteiger partial charge in [-0.1, -0.05) is 18.7 Å². The van der Waals surface area contributed by atoms with Crippen LogP contribution in [0.5, 0.6) is 0 Å². The number of hydrogen-bond donors (Lipinski definition) is 1. The van der Waals surface area contributed by atoms with Crippen LogP contribution in [0.25, 0.3) is 0 Å². The summed E-state index contributed by atoms with van der Waals surface area (Å²) in [6.07, 6.45) is 4.42. The van der Waals surface area contributed by atoms with Crippen LogP contribution in [0.4, 0.5) is 0 Å². The third kappa shape index (κ3) is 3.61. The molecular weight excluding hydrogens is 312 g/mol. The molecule has 0 fully saturated rings. The second-order valence-electron chi connectivity index (χ2n) is 5.39. The average Bonchev–Trinajstić information content (AvgIpc) is 2.97. The lowest BCUT2D eigenvalue weighted by Crippen LogP contribution is -2.30. The predicted molar refractivity (Wildman–Crippen MR) is 88.3 cm³/mol. The molecule has 2 aromatic heterocycles. The molecule has 0 aliphatic carbocycles. The molecule has 0 saturated carbocycles. The molecule has 1 aliphatic heterocycles. The topological polar surface area (TPSA) is 76.9 Å². The van der Waals surface area contributed by atoms with Gasteiger partial charge in [-0.05, 0) is 24.1 Å². The second-order valence-corrected chi connectivity index (χ2v) is 6.38. The summed E-state index contributed by atoms with van der Waals surface area (Å²) in [5.74, 6) is 0.643. The van der Waals surface area contributed by atoms with Crippen molar-refractivity contribution in [2.75, 3.05) is 5.75 Å². The Kier molecular flexibility index (Phi) is 4.76. The molecule has 3 rings (SSSR count). The van der Waals surface area contributed by atoms with Gasteiger partial charge in [-0.2, -0.15) is 0 Å². The van der Waals surface area contributed by atoms with Gasteiger partial charge >= 0.3 is 0 Å². The molecule has 0 radical (unpaired) electrons. The van der Waals surface area contributed by atoms with Crippen LogP contribution in [0.2, 0.25) is 0 Å². The van der Waals surface area contributed by atoms with Gasteiger partial charge in [0, 0.05) is 42.9 Å². The van der Waals surface area contributed by atoms with Crippen LogP contribution in [0.15, 0.2) is 40.5 Å². The summed E-state index contributed by atoms with van der Waals surface area (Å²) < 4.78 is 1.65. The Labute approximate surface area is 138 Å². The second kappa shape index (κ2) is 6.95. The monoisotopic (exact) mass is 330 g/mol. The Morgan fingerprint density at radius 3 is 2.96 bits per heavy atom. The molecule has 1 amide bonds. The predicted octanol–water partition coefficient (Wildman–Crippen LogP) is 1.55. The molecule has 7 heteroatoms. The summed E-state index contributed by atoms with van der Waals surface area (Å²) in [7, 11) is 0. The molecule has 0 saturated heterocycles. The van der Waals surface area contributed by atoms with E-state index < -0.39 is 0 Å². The van der Waals surface area contributed by atoms with Crippen molar-refractivity contribution in [1.82, 2.24) is 19.9 Å². The number of carbonyl (C=O) groups excluding carboxylic acids is 1. The highest BCUT2D eigenvalue weighted by molar-refractivity contribution is 7.99. The standard InChI is InChI=1S/C16H18N4O2S/c1-2-12-7-15(22)20-13(10-23-16(20)19-12)8-14(21)18-9-11-3-5-17-6-4-11/h3-7,13H,2,8-10H2,1H3,(H,18,21)/t13-/m1/s1. The van der Waals surface area contributed by atoms with E-state index in [0.717, 1.165) is 22.8 Å². The van der Waals surface area contributed by atoms with Gasteiger partial charge in [0.05, 0.1) is 6.04 Å². The minimum absolute atomic E-state index is 0.0632. The van der Waals surface area contributed by atoms with Crippen LogP contribution >= 0.6 is 11.8 Å². The lowest BCUT2D eigenvalue weighted by molar-refractivity contribution is -0.121. The molecular formula is C16H18N4O2S. The zero-order valence-electron chi connectivity index (χ0n) is 12.9. The SMILES string of the molecule is CCc1cc(=O)n2c(n1)SC[C@H]2CC(=O)NCc1ccncc1. The molecule has 0 spiro atoms. The van der Waals surface area contributed by atoms with Crippen molar-refractivity contribution in [2.45, 2.75) is 37.5 Å². The maximum Gasteiger partial charge on any atom is 0.254 e. The summed E-state index contributed by atoms with van der Waals surface area (Å²) in [6.45, 7) is 2.44. The highest BCUT2D eigenvalue weighted by Crippen LogP contribution is 2.31. The average molecular weight is 330 g/mol. The maximum atomic E-state index is 12.2. The molecule has 0 bridgehead atoms. The van der Waals surface area contributed by atoms with Gasteiger partial charge in [0.1, 0.15) is 0 Å². The fraction of sp³-hybridized carbons (Fsp3) is 0.375. The molecule has 6 nitrogen and oxygen atoms in total. The van der Waals surface area contributed by atoms with Crippen molar-refractivity contribution in [3.8, 4) is 0 Å². The lowest BCUT2D eigenvalue weighted by atomic mass is 10.2. The Morgan fingerprint density at radius 1 is 1.43 bits per heavy atom. The Balaban J connectivity index is 1.64. The van der Waals surface area contributed by atoms with E-state index in [-0.39, 0.29) is 23.9 Å². The Morgan fingerprint density at radius 2 is 2.22 bits per heavy atom. The number of nitrogens with zero attached hydrogens (tertiary/aromatic N) is 3. The summed E-state index contributed by atoms with van der Waals surface area (Å²) >= 11 is 1.54. The highest BCUT2D eigenvalue weighted by Gasteiger charge is 2.27. The normalized spacial score (nSPS) is 16.1. The number of nitrogens with one attached hydrogen (secondary N) is 1. The number of pyridine rings is 1. The number of carbonyl (C=O) groups is 1. The molecule has 3 heterocycles. The third-order valence-electron chi connectivity index (χ3n) is 3.77. The van der Waals surface area contributed by atoms with Crippen molar-refractivity contribution in [3.63, 3.8) is 0 Å². The fourth-order valence-electron chi connectivity index (χ4n) is 2.52. The highest BCUT2D eigenvalue weighted by atomic mass is 32.2. The van der Waals surface area contributed by atoms with Crippen LogP contribution < -0.4 is 10.9 Å². The Bertz CT molecular complexity index is 760. The van der Waals surface area contributed by atoms with Crippen molar-refractivity contribution in [2.24, 2.45) is 0 Å². The largest absolute Gasteiger partial charge is 0.352 e. The first-order chi connectivity index (χ1) is 11.2. The molecule has 0 unspecified atom stereocenters. The van der Waals surface area contributed by atoms with E-state index in [0.29, 0.717) is 12.3 Å². The van der Waals surface area contributed by atoms with Gasteiger partial charge < -0.3 is 5.32 Å². The lowest BCUT2D eigenvalue weighted by Gasteiger charge is -2.13. The van der Waals surface area contributed by atoms with Gasteiger partial charge in [0.25, 0.3) is 5.56 Å². The van der Waals surface area contributed by atoms with E-state index in [4.69, 9.17) is 0 Å². The number of amides is 1. The van der Waals surface area contributed by atoms with E-state index >= 15 is 0 Å². The van der Waals surface area contributed by atoms with Gasteiger partial charge in [0.15, 0.2) is 5.16 Å². The van der Waals surface area contributed by atoms with E-state index in [1.807, 2.05) is 19.1 Å². The first-order valence-electron chi connectivity index (χ1n) is 7.58. The summed E-state index contributed by atoms with van der Waals surface area (Å²) in [5.41, 5.74) is 1.74. The van der Waals surface area contributed by atoms with Crippen molar-refractivity contribution >= 4 is 17.7 Å². The molecule has 23 heavy (non-hydrogen) atoms. The smallest absolute Gasteiger partial charge is 0.254 e. The minimum Gasteiger partial charge on any atom is -0.352 e. The summed E-state index contributed by atoms with van der Waals surface area (Å²) in [6, 6.07) is 5.17. The van der Waals surface area contributed by atoms with Gasteiger partial charge in [-0.3, -0.25) is 19.1 Å². The number of aromatic nitrogens is 3. The first kappa shape index (κ1) is 15.7. The number of rotatable bonds is 5. The van der Waals surface area contributed by atoms with E-state index in [2.05, 4.69) is 15.3 Å². The van der Waals surface area contributed by atoms with Gasteiger partial charge in [-0.15, -0.1) is 0 Å². The molecule has 0 aromatic carbocycles. The number of thioether (sulfide) groups is 1. The van der Waals surface area contributed by atoms with Crippen LogP contribution in [0.1, 0.15) is 30.6 Å². The van der Waals surface area contributed by atoms with E-state index in [1.54, 1.807) is 23.0 Å². The quantitative estimate of drug-likeness (QED) is 0.842. The van der Waals surface area contributed by atoms with Crippen LogP contribution in [0.3, 0.4) is 0 Å². The van der Waals surface area contributed by atoms with Crippen LogP contribution in [-0.2, 0) is 17.8 Å². The molecule has 120 valence electrons. The van der Waals surface area contributed by atoms with Crippen LogP contribution in [-0.4, -0.2) is 26.2 Å². The number of aryl methyl sites for hydroxylation is 1. The first-order valence-corrected chi connectivity index (χ1v) is 8.56. The molecule has 1 N–H and O–H groups in total. The fourth-order valence-corrected chi connectivity index (χ4v) is 3.69.